The Labute approximate surface area is 397 Å². The van der Waals surface area contributed by atoms with Crippen molar-refractivity contribution < 1.29 is 50.1 Å². The van der Waals surface area contributed by atoms with Gasteiger partial charge in [0.2, 0.25) is 0 Å². The number of benzene rings is 7. The molecular formula is C49H47N7O11S2. The van der Waals surface area contributed by atoms with Gasteiger partial charge in [0.1, 0.15) is 22.9 Å². The van der Waals surface area contributed by atoms with Crippen LogP contribution in [0.4, 0.5) is 39.8 Å². The Hall–Kier alpha value is -7.78. The minimum atomic E-state index is -4.26. The maximum Gasteiger partial charge on any atom is 0.264 e. The lowest BCUT2D eigenvalue weighted by atomic mass is 10.1. The summed E-state index contributed by atoms with van der Waals surface area (Å²) in [6, 6.07) is 32.2. The molecule has 18 nitrogen and oxygen atoms in total. The van der Waals surface area contributed by atoms with Gasteiger partial charge < -0.3 is 30.9 Å². The second-order valence-electron chi connectivity index (χ2n) is 16.0. The Morgan fingerprint density at radius 3 is 1.77 bits per heavy atom. The molecule has 0 unspecified atom stereocenters. The molecule has 0 bridgehead atoms. The third-order valence-corrected chi connectivity index (χ3v) is 12.3. The second kappa shape index (κ2) is 21.0. The lowest BCUT2D eigenvalue weighted by Gasteiger charge is -2.14. The lowest BCUT2D eigenvalue weighted by Crippen LogP contribution is -2.14. The van der Waals surface area contributed by atoms with Crippen LogP contribution in [-0.4, -0.2) is 67.6 Å². The first kappa shape index (κ1) is 49.1. The number of nitrogen functional groups attached to an aromatic ring is 1. The fourth-order valence-corrected chi connectivity index (χ4v) is 8.08. The predicted molar refractivity (Wildman–Crippen MR) is 265 cm³/mol. The van der Waals surface area contributed by atoms with E-state index in [1.165, 1.54) is 6.07 Å². The number of carbonyl (C=O) groups is 2. The van der Waals surface area contributed by atoms with Gasteiger partial charge in [-0.2, -0.15) is 27.1 Å². The number of aryl methyl sites for hydroxylation is 3. The van der Waals surface area contributed by atoms with Crippen molar-refractivity contribution in [3.8, 4) is 17.2 Å². The quantitative estimate of drug-likeness (QED) is 0.0203. The minimum Gasteiger partial charge on any atom is -0.505 e. The highest BCUT2D eigenvalue weighted by molar-refractivity contribution is 7.86. The average molecular weight is 974 g/mol. The van der Waals surface area contributed by atoms with Crippen LogP contribution in [0.25, 0.3) is 21.5 Å². The van der Waals surface area contributed by atoms with Crippen molar-refractivity contribution in [1.82, 2.24) is 0 Å². The fraction of sp³-hybridized carbons (Fsp3) is 0.184. The minimum absolute atomic E-state index is 0.0300. The van der Waals surface area contributed by atoms with Gasteiger partial charge in [-0.25, -0.2) is 0 Å². The van der Waals surface area contributed by atoms with Crippen LogP contribution in [0, 0.1) is 20.8 Å². The van der Waals surface area contributed by atoms with Crippen molar-refractivity contribution >= 4 is 93.4 Å². The SMILES string of the molecule is Cc1cc(N=Nc2ccc3cc(NC(=O)c4ccc(N)cc4)ccc3c2O)c(C)cc1N=Nc1cc(C)c(C(=O)Nc2ccc3cccc(OCCCS(=O)(=O)O)c3c2)cc1OCCCS(=O)(=O)O. The van der Waals surface area contributed by atoms with E-state index in [4.69, 9.17) is 19.8 Å². The number of rotatable bonds is 18. The zero-order valence-electron chi connectivity index (χ0n) is 37.5. The van der Waals surface area contributed by atoms with E-state index in [0.717, 1.165) is 5.39 Å². The number of amides is 2. The lowest BCUT2D eigenvalue weighted by molar-refractivity contribution is 0.101. The predicted octanol–water partition coefficient (Wildman–Crippen LogP) is 10.9. The number of phenolic OH excluding ortho intramolecular Hbond substituents is 1. The summed E-state index contributed by atoms with van der Waals surface area (Å²) in [5.41, 5.74) is 11.2. The normalized spacial score (nSPS) is 12.0. The summed E-state index contributed by atoms with van der Waals surface area (Å²) in [7, 11) is -8.39. The molecule has 0 aliphatic heterocycles. The number of phenols is 1. The number of anilines is 3. The number of hydrogen-bond donors (Lipinski definition) is 6. The summed E-state index contributed by atoms with van der Waals surface area (Å²) >= 11 is 0. The number of carbonyl (C=O) groups excluding carboxylic acids is 2. The molecule has 0 fully saturated rings. The molecule has 7 rings (SSSR count). The molecule has 20 heteroatoms. The molecule has 0 aromatic heterocycles. The van der Waals surface area contributed by atoms with Crippen molar-refractivity contribution in [3.05, 3.63) is 143 Å². The Bertz CT molecular complexity index is 3400. The summed E-state index contributed by atoms with van der Waals surface area (Å²) in [5, 5.41) is 37.2. The van der Waals surface area contributed by atoms with Gasteiger partial charge in [0.25, 0.3) is 32.1 Å². The number of azo groups is 2. The third-order valence-electron chi connectivity index (χ3n) is 10.7. The molecule has 0 aliphatic rings. The number of ether oxygens (including phenoxy) is 2. The molecule has 0 saturated heterocycles. The number of aromatic hydroxyl groups is 1. The van der Waals surface area contributed by atoms with Gasteiger partial charge in [0, 0.05) is 39.0 Å². The molecule has 2 amide bonds. The van der Waals surface area contributed by atoms with Crippen LogP contribution in [0.2, 0.25) is 0 Å². The van der Waals surface area contributed by atoms with Crippen molar-refractivity contribution in [2.45, 2.75) is 33.6 Å². The van der Waals surface area contributed by atoms with Crippen molar-refractivity contribution in [3.63, 3.8) is 0 Å². The van der Waals surface area contributed by atoms with Gasteiger partial charge in [-0.05, 0) is 152 Å². The Kier molecular flexibility index (Phi) is 15.0. The molecule has 7 N–H and O–H groups in total. The molecule has 7 aromatic carbocycles. The maximum atomic E-state index is 13.8. The number of hydrogen-bond acceptors (Lipinski definition) is 14. The third kappa shape index (κ3) is 13.0. The van der Waals surface area contributed by atoms with Gasteiger partial charge in [-0.1, -0.05) is 24.3 Å². The van der Waals surface area contributed by atoms with Crippen molar-refractivity contribution in [1.29, 1.82) is 0 Å². The second-order valence-corrected chi connectivity index (χ2v) is 19.2. The first-order valence-electron chi connectivity index (χ1n) is 21.3. The van der Waals surface area contributed by atoms with Crippen LogP contribution in [0.1, 0.15) is 50.2 Å². The summed E-state index contributed by atoms with van der Waals surface area (Å²) in [5.74, 6) is -1.32. The number of fused-ring (bicyclic) bond motifs is 2. The number of nitrogens with zero attached hydrogens (tertiary/aromatic N) is 4. The highest BCUT2D eigenvalue weighted by Crippen LogP contribution is 2.39. The smallest absolute Gasteiger partial charge is 0.264 e. The highest BCUT2D eigenvalue weighted by atomic mass is 32.2. The van der Waals surface area contributed by atoms with Crippen LogP contribution in [0.3, 0.4) is 0 Å². The van der Waals surface area contributed by atoms with Gasteiger partial charge >= 0.3 is 0 Å². The topological polar surface area (TPSA) is 281 Å². The van der Waals surface area contributed by atoms with E-state index in [1.54, 1.807) is 117 Å². The van der Waals surface area contributed by atoms with Gasteiger partial charge in [-0.3, -0.25) is 18.7 Å². The van der Waals surface area contributed by atoms with E-state index in [-0.39, 0.29) is 60.4 Å². The fourth-order valence-electron chi connectivity index (χ4n) is 7.12. The van der Waals surface area contributed by atoms with Gasteiger partial charge in [0.15, 0.2) is 5.75 Å². The summed E-state index contributed by atoms with van der Waals surface area (Å²) < 4.78 is 75.2. The summed E-state index contributed by atoms with van der Waals surface area (Å²) in [6.45, 7) is 5.22. The molecule has 0 radical (unpaired) electrons. The van der Waals surface area contributed by atoms with E-state index in [1.807, 2.05) is 13.0 Å². The molecule has 0 saturated carbocycles. The molecule has 0 atom stereocenters. The molecule has 356 valence electrons. The first-order chi connectivity index (χ1) is 32.8. The highest BCUT2D eigenvalue weighted by Gasteiger charge is 2.18. The van der Waals surface area contributed by atoms with Crippen LogP contribution < -0.4 is 25.8 Å². The van der Waals surface area contributed by atoms with E-state index >= 15 is 0 Å². The Balaban J connectivity index is 1.08. The summed E-state index contributed by atoms with van der Waals surface area (Å²) in [6.07, 6.45) is 0.0152. The van der Waals surface area contributed by atoms with E-state index in [0.29, 0.717) is 72.6 Å². The number of nitrogens with two attached hydrogens (primary N) is 1. The van der Waals surface area contributed by atoms with Crippen LogP contribution in [-0.2, 0) is 20.2 Å². The number of nitrogens with one attached hydrogen (secondary N) is 2. The molecule has 0 heterocycles. The van der Waals surface area contributed by atoms with Gasteiger partial charge in [0.05, 0.1) is 36.1 Å². The Morgan fingerprint density at radius 1 is 0.565 bits per heavy atom. The van der Waals surface area contributed by atoms with Crippen molar-refractivity contribution in [2.24, 2.45) is 20.5 Å². The van der Waals surface area contributed by atoms with E-state index < -0.39 is 37.6 Å². The maximum absolute atomic E-state index is 13.8. The molecule has 0 spiro atoms. The average Bonchev–Trinajstić information content (AvgIpc) is 3.29. The Morgan fingerprint density at radius 2 is 1.12 bits per heavy atom. The van der Waals surface area contributed by atoms with Crippen molar-refractivity contribution in [2.75, 3.05) is 41.1 Å². The zero-order chi connectivity index (χ0) is 49.5. The molecule has 69 heavy (non-hydrogen) atoms. The van der Waals surface area contributed by atoms with Crippen LogP contribution >= 0.6 is 0 Å². The first-order valence-corrected chi connectivity index (χ1v) is 24.5. The standard InChI is InChI=1S/C49H47N7O11S2/c1-29-23-44(46(67-20-6-22-69(63,64)65)28-39(29)49(59)52-37-15-11-32-7-4-8-45(40(32)27-37)66-19-5-21-68(60,61)62)56-55-43-25-30(2)42(24-31(43)3)54-53-41-18-12-34-26-36(16-17-38(34)47(41)57)51-48(58)33-9-13-35(50)14-10-33/h4,7-18,23-28,57H,5-6,19-22,50H2,1-3H3,(H,51,58)(H,52,59)(H,60,61,62)(H,63,64,65). The molecule has 7 aromatic rings. The molecule has 0 aliphatic carbocycles. The van der Waals surface area contributed by atoms with Crippen LogP contribution in [0.5, 0.6) is 17.2 Å². The van der Waals surface area contributed by atoms with Crippen LogP contribution in [0.15, 0.2) is 136 Å². The van der Waals surface area contributed by atoms with E-state index in [2.05, 4.69) is 31.1 Å². The zero-order valence-corrected chi connectivity index (χ0v) is 39.1. The monoisotopic (exact) mass is 973 g/mol. The molecular weight excluding hydrogens is 927 g/mol. The van der Waals surface area contributed by atoms with E-state index in [9.17, 15) is 36.1 Å². The summed E-state index contributed by atoms with van der Waals surface area (Å²) in [4.78, 5) is 26.5. The largest absolute Gasteiger partial charge is 0.505 e. The van der Waals surface area contributed by atoms with Gasteiger partial charge in [-0.15, -0.1) is 10.2 Å².